The number of aliphatic hydroxyl groups excluding tert-OH is 1. The van der Waals surface area contributed by atoms with Gasteiger partial charge in [-0.3, -0.25) is 9.59 Å². The summed E-state index contributed by atoms with van der Waals surface area (Å²) in [6.07, 6.45) is 3.37. The number of nitrogens with zero attached hydrogens (tertiary/aromatic N) is 1. The molecule has 1 aromatic carbocycles. The van der Waals surface area contributed by atoms with Crippen molar-refractivity contribution in [2.75, 3.05) is 13.2 Å². The van der Waals surface area contributed by atoms with E-state index in [0.717, 1.165) is 24.8 Å². The molecule has 0 radical (unpaired) electrons. The van der Waals surface area contributed by atoms with Gasteiger partial charge in [-0.25, -0.2) is 0 Å². The number of hydrogen-bond acceptors (Lipinski definition) is 3. The summed E-state index contributed by atoms with van der Waals surface area (Å²) < 4.78 is 0. The third kappa shape index (κ3) is 4.79. The predicted octanol–water partition coefficient (Wildman–Crippen LogP) is 1.50. The molecular weight excluding hydrogens is 292 g/mol. The minimum absolute atomic E-state index is 0.0211. The number of nitrogens with one attached hydrogen (secondary N) is 1. The fourth-order valence-electron chi connectivity index (χ4n) is 3.06. The van der Waals surface area contributed by atoms with E-state index in [0.29, 0.717) is 19.4 Å². The van der Waals surface area contributed by atoms with Gasteiger partial charge in [0.2, 0.25) is 11.8 Å². The molecule has 1 aromatic rings. The van der Waals surface area contributed by atoms with Crippen molar-refractivity contribution < 1.29 is 14.7 Å². The lowest BCUT2D eigenvalue weighted by molar-refractivity contribution is -0.137. The van der Waals surface area contributed by atoms with Crippen LogP contribution in [-0.2, 0) is 16.0 Å². The van der Waals surface area contributed by atoms with Crippen LogP contribution in [0.2, 0.25) is 0 Å². The molecule has 1 heterocycles. The fraction of sp³-hybridized carbons (Fsp3) is 0.556. The number of hydrogen-bond donors (Lipinski definition) is 2. The minimum Gasteiger partial charge on any atom is -0.394 e. The van der Waals surface area contributed by atoms with Crippen LogP contribution in [0.1, 0.15) is 38.2 Å². The summed E-state index contributed by atoms with van der Waals surface area (Å²) in [4.78, 5) is 26.6. The summed E-state index contributed by atoms with van der Waals surface area (Å²) in [7, 11) is 0. The molecule has 0 aromatic heterocycles. The van der Waals surface area contributed by atoms with Crippen LogP contribution < -0.4 is 5.32 Å². The number of benzene rings is 1. The Morgan fingerprint density at radius 2 is 2.09 bits per heavy atom. The normalized spacial score (nSPS) is 18.7. The highest BCUT2D eigenvalue weighted by Gasteiger charge is 2.33. The lowest BCUT2D eigenvalue weighted by atomic mass is 10.0. The quantitative estimate of drug-likeness (QED) is 0.800. The third-order valence-corrected chi connectivity index (χ3v) is 4.26. The van der Waals surface area contributed by atoms with Gasteiger partial charge >= 0.3 is 0 Å². The standard InChI is InChI=1S/C18H26N2O3/c1-2-7-17(22)19-16(12-14-8-4-3-5-9-14)18(23)20-11-6-10-15(20)13-21/h3-5,8-9,15-16,21H,2,6-7,10-13H2,1H3,(H,19,22)/t15-,16?/m1/s1. The first-order valence-electron chi connectivity index (χ1n) is 8.40. The van der Waals surface area contributed by atoms with Crippen LogP contribution in [0.5, 0.6) is 0 Å². The zero-order valence-corrected chi connectivity index (χ0v) is 13.7. The van der Waals surface area contributed by atoms with E-state index in [1.165, 1.54) is 0 Å². The molecule has 0 saturated carbocycles. The van der Waals surface area contributed by atoms with Crippen LogP contribution >= 0.6 is 0 Å². The Morgan fingerprint density at radius 1 is 1.35 bits per heavy atom. The fourth-order valence-corrected chi connectivity index (χ4v) is 3.06. The van der Waals surface area contributed by atoms with Crippen molar-refractivity contribution in [2.24, 2.45) is 0 Å². The number of rotatable bonds is 7. The van der Waals surface area contributed by atoms with Crippen molar-refractivity contribution in [3.05, 3.63) is 35.9 Å². The van der Waals surface area contributed by atoms with Crippen molar-refractivity contribution in [1.82, 2.24) is 10.2 Å². The number of likely N-dealkylation sites (tertiary alicyclic amines) is 1. The molecule has 1 fully saturated rings. The van der Waals surface area contributed by atoms with Gasteiger partial charge in [-0.2, -0.15) is 0 Å². The van der Waals surface area contributed by atoms with Crippen molar-refractivity contribution in [1.29, 1.82) is 0 Å². The molecule has 2 atom stereocenters. The van der Waals surface area contributed by atoms with E-state index in [1.54, 1.807) is 4.90 Å². The van der Waals surface area contributed by atoms with Crippen molar-refractivity contribution in [3.63, 3.8) is 0 Å². The average Bonchev–Trinajstić information content (AvgIpc) is 3.03. The van der Waals surface area contributed by atoms with E-state index < -0.39 is 6.04 Å². The average molecular weight is 318 g/mol. The van der Waals surface area contributed by atoms with Gasteiger partial charge in [0.25, 0.3) is 0 Å². The molecule has 5 nitrogen and oxygen atoms in total. The molecule has 2 rings (SSSR count). The number of aliphatic hydroxyl groups is 1. The molecule has 0 aliphatic carbocycles. The van der Waals surface area contributed by atoms with Gasteiger partial charge in [0, 0.05) is 19.4 Å². The van der Waals surface area contributed by atoms with E-state index in [9.17, 15) is 14.7 Å². The summed E-state index contributed by atoms with van der Waals surface area (Å²) in [5.41, 5.74) is 1.02. The summed E-state index contributed by atoms with van der Waals surface area (Å²) in [6.45, 7) is 2.57. The molecule has 0 bridgehead atoms. The van der Waals surface area contributed by atoms with Gasteiger partial charge in [0.15, 0.2) is 0 Å². The van der Waals surface area contributed by atoms with Crippen molar-refractivity contribution in [2.45, 2.75) is 51.1 Å². The van der Waals surface area contributed by atoms with Crippen molar-refractivity contribution in [3.8, 4) is 0 Å². The van der Waals surface area contributed by atoms with Gasteiger partial charge in [-0.1, -0.05) is 37.3 Å². The van der Waals surface area contributed by atoms with E-state index in [4.69, 9.17) is 0 Å². The van der Waals surface area contributed by atoms with E-state index >= 15 is 0 Å². The maximum Gasteiger partial charge on any atom is 0.245 e. The van der Waals surface area contributed by atoms with Crippen LogP contribution in [0.3, 0.4) is 0 Å². The number of amides is 2. The van der Waals surface area contributed by atoms with Gasteiger partial charge in [0.05, 0.1) is 12.6 Å². The van der Waals surface area contributed by atoms with Crippen LogP contribution in [0.25, 0.3) is 0 Å². The molecule has 126 valence electrons. The molecule has 1 aliphatic rings. The second-order valence-electron chi connectivity index (χ2n) is 6.07. The van der Waals surface area contributed by atoms with E-state index in [1.807, 2.05) is 37.3 Å². The van der Waals surface area contributed by atoms with Crippen LogP contribution in [0, 0.1) is 0 Å². The maximum absolute atomic E-state index is 12.9. The van der Waals surface area contributed by atoms with Gasteiger partial charge in [0.1, 0.15) is 6.04 Å². The zero-order chi connectivity index (χ0) is 16.7. The molecule has 23 heavy (non-hydrogen) atoms. The predicted molar refractivity (Wildman–Crippen MR) is 88.8 cm³/mol. The lowest BCUT2D eigenvalue weighted by Gasteiger charge is -2.28. The molecule has 2 N–H and O–H groups in total. The Labute approximate surface area is 137 Å². The zero-order valence-electron chi connectivity index (χ0n) is 13.7. The SMILES string of the molecule is CCCC(=O)NC(Cc1ccccc1)C(=O)N1CCC[C@@H]1CO. The first-order chi connectivity index (χ1) is 11.2. The molecule has 1 unspecified atom stereocenters. The van der Waals surface area contributed by atoms with Crippen LogP contribution in [0.15, 0.2) is 30.3 Å². The molecule has 0 spiro atoms. The van der Waals surface area contributed by atoms with E-state index in [-0.39, 0.29) is 24.5 Å². The Bertz CT molecular complexity index is 518. The van der Waals surface area contributed by atoms with Crippen LogP contribution in [0.4, 0.5) is 0 Å². The van der Waals surface area contributed by atoms with Crippen molar-refractivity contribution >= 4 is 11.8 Å². The number of carbonyl (C=O) groups excluding carboxylic acids is 2. The van der Waals surface area contributed by atoms with Gasteiger partial charge in [-0.15, -0.1) is 0 Å². The second kappa shape index (κ2) is 8.67. The first kappa shape index (κ1) is 17.5. The highest BCUT2D eigenvalue weighted by molar-refractivity contribution is 5.88. The van der Waals surface area contributed by atoms with E-state index in [2.05, 4.69) is 5.32 Å². The highest BCUT2D eigenvalue weighted by atomic mass is 16.3. The van der Waals surface area contributed by atoms with Gasteiger partial charge < -0.3 is 15.3 Å². The second-order valence-corrected chi connectivity index (χ2v) is 6.07. The summed E-state index contributed by atoms with van der Waals surface area (Å²) in [6, 6.07) is 9.01. The lowest BCUT2D eigenvalue weighted by Crippen LogP contribution is -2.51. The molecular formula is C18H26N2O3. The highest BCUT2D eigenvalue weighted by Crippen LogP contribution is 2.19. The molecule has 2 amide bonds. The topological polar surface area (TPSA) is 69.6 Å². The third-order valence-electron chi connectivity index (χ3n) is 4.26. The monoisotopic (exact) mass is 318 g/mol. The number of carbonyl (C=O) groups is 2. The molecule has 1 saturated heterocycles. The Balaban J connectivity index is 2.11. The molecule has 5 heteroatoms. The summed E-state index contributed by atoms with van der Waals surface area (Å²) in [5, 5.41) is 12.3. The smallest absolute Gasteiger partial charge is 0.245 e. The van der Waals surface area contributed by atoms with Crippen LogP contribution in [-0.4, -0.2) is 47.1 Å². The Morgan fingerprint density at radius 3 is 2.74 bits per heavy atom. The minimum atomic E-state index is -0.566. The van der Waals surface area contributed by atoms with Gasteiger partial charge in [-0.05, 0) is 24.8 Å². The Hall–Kier alpha value is -1.88. The molecule has 1 aliphatic heterocycles. The first-order valence-corrected chi connectivity index (χ1v) is 8.40. The summed E-state index contributed by atoms with van der Waals surface area (Å²) in [5.74, 6) is -0.184. The maximum atomic E-state index is 12.9. The largest absolute Gasteiger partial charge is 0.394 e. The Kier molecular flexibility index (Phi) is 6.59. The summed E-state index contributed by atoms with van der Waals surface area (Å²) >= 11 is 0.